The number of anilines is 2. The minimum absolute atomic E-state index is 0.0558. The SMILES string of the molecule is COc1ncc(N)cc1NS(=O)c1cccc(C(=O)N=O)c1. The molecule has 0 saturated carbocycles. The van der Waals surface area contributed by atoms with Gasteiger partial charge in [0.1, 0.15) is 16.7 Å². The number of benzene rings is 1. The number of nitrogens with zero attached hydrogens (tertiary/aromatic N) is 2. The monoisotopic (exact) mass is 320 g/mol. The van der Waals surface area contributed by atoms with Gasteiger partial charge in [0.05, 0.1) is 23.9 Å². The van der Waals surface area contributed by atoms with Crippen molar-refractivity contribution >= 4 is 28.3 Å². The fraction of sp³-hybridized carbons (Fsp3) is 0.0769. The summed E-state index contributed by atoms with van der Waals surface area (Å²) in [4.78, 5) is 25.8. The number of carbonyl (C=O) groups excluding carboxylic acids is 1. The van der Waals surface area contributed by atoms with E-state index >= 15 is 0 Å². The van der Waals surface area contributed by atoms with Crippen molar-refractivity contribution in [1.29, 1.82) is 0 Å². The fourth-order valence-electron chi connectivity index (χ4n) is 1.66. The molecule has 1 aromatic carbocycles. The maximum Gasteiger partial charge on any atom is 0.316 e. The second kappa shape index (κ2) is 6.76. The first-order chi connectivity index (χ1) is 10.5. The molecule has 0 aliphatic rings. The van der Waals surface area contributed by atoms with Crippen LogP contribution in [0.4, 0.5) is 11.4 Å². The average molecular weight is 320 g/mol. The summed E-state index contributed by atoms with van der Waals surface area (Å²) < 4.78 is 20.0. The number of nitrogen functional groups attached to an aromatic ring is 1. The van der Waals surface area contributed by atoms with Crippen LogP contribution in [0.1, 0.15) is 10.4 Å². The minimum Gasteiger partial charge on any atom is -0.479 e. The van der Waals surface area contributed by atoms with E-state index in [9.17, 15) is 13.9 Å². The van der Waals surface area contributed by atoms with Crippen LogP contribution in [0, 0.1) is 4.91 Å². The molecule has 1 amide bonds. The van der Waals surface area contributed by atoms with Crippen molar-refractivity contribution in [2.75, 3.05) is 17.6 Å². The number of nitrogens with two attached hydrogens (primary N) is 1. The maximum atomic E-state index is 12.3. The predicted octanol–water partition coefficient (Wildman–Crippen LogP) is 1.71. The zero-order valence-electron chi connectivity index (χ0n) is 11.5. The highest BCUT2D eigenvalue weighted by Gasteiger charge is 2.12. The van der Waals surface area contributed by atoms with Crippen molar-refractivity contribution in [2.24, 2.45) is 5.18 Å². The van der Waals surface area contributed by atoms with Crippen molar-refractivity contribution in [3.63, 3.8) is 0 Å². The van der Waals surface area contributed by atoms with Gasteiger partial charge in [-0.1, -0.05) is 6.07 Å². The lowest BCUT2D eigenvalue weighted by Gasteiger charge is -2.10. The molecule has 8 nitrogen and oxygen atoms in total. The minimum atomic E-state index is -1.70. The molecule has 3 N–H and O–H groups in total. The summed E-state index contributed by atoms with van der Waals surface area (Å²) >= 11 is 0. The molecule has 0 fully saturated rings. The Kier molecular flexibility index (Phi) is 4.79. The van der Waals surface area contributed by atoms with E-state index in [1.54, 1.807) is 0 Å². The van der Waals surface area contributed by atoms with Crippen molar-refractivity contribution in [2.45, 2.75) is 4.90 Å². The number of carbonyl (C=O) groups is 1. The lowest BCUT2D eigenvalue weighted by atomic mass is 10.2. The van der Waals surface area contributed by atoms with Gasteiger partial charge in [0.15, 0.2) is 0 Å². The van der Waals surface area contributed by atoms with E-state index in [1.807, 2.05) is 0 Å². The Morgan fingerprint density at radius 2 is 2.18 bits per heavy atom. The number of aromatic nitrogens is 1. The summed E-state index contributed by atoms with van der Waals surface area (Å²) in [5.41, 5.74) is 6.39. The number of amides is 1. The molecule has 0 saturated heterocycles. The lowest BCUT2D eigenvalue weighted by molar-refractivity contribution is 0.100. The van der Waals surface area contributed by atoms with E-state index in [1.165, 1.54) is 43.6 Å². The third-order valence-electron chi connectivity index (χ3n) is 2.65. The Labute approximate surface area is 128 Å². The Hall–Kier alpha value is -2.81. The molecule has 22 heavy (non-hydrogen) atoms. The zero-order valence-corrected chi connectivity index (χ0v) is 12.3. The van der Waals surface area contributed by atoms with Crippen LogP contribution in [0.2, 0.25) is 0 Å². The van der Waals surface area contributed by atoms with Gasteiger partial charge in [0.25, 0.3) is 0 Å². The molecule has 0 radical (unpaired) electrons. The van der Waals surface area contributed by atoms with Crippen molar-refractivity contribution in [3.05, 3.63) is 47.0 Å². The smallest absolute Gasteiger partial charge is 0.316 e. The van der Waals surface area contributed by atoms with Crippen LogP contribution in [0.25, 0.3) is 0 Å². The standard InChI is InChI=1S/C13H12N4O4S/c1-21-13-11(6-9(14)7-15-13)17-22(20)10-4-2-3-8(5-10)12(18)16-19/h2-7,17H,14H2,1H3. The largest absolute Gasteiger partial charge is 0.479 e. The van der Waals surface area contributed by atoms with Crippen LogP contribution in [-0.4, -0.2) is 22.2 Å². The second-order valence-corrected chi connectivity index (χ2v) is 5.33. The number of nitrogens with one attached hydrogen (secondary N) is 1. The molecular weight excluding hydrogens is 308 g/mol. The highest BCUT2D eigenvalue weighted by atomic mass is 32.2. The van der Waals surface area contributed by atoms with E-state index in [4.69, 9.17) is 10.5 Å². The molecule has 1 heterocycles. The Morgan fingerprint density at radius 3 is 2.86 bits per heavy atom. The van der Waals surface area contributed by atoms with Crippen LogP contribution in [0.15, 0.2) is 46.6 Å². The first-order valence-corrected chi connectivity index (χ1v) is 7.16. The molecular formula is C13H12N4O4S. The number of ether oxygens (including phenoxy) is 1. The van der Waals surface area contributed by atoms with Crippen LogP contribution in [-0.2, 0) is 11.0 Å². The molecule has 2 aromatic rings. The summed E-state index contributed by atoms with van der Waals surface area (Å²) in [7, 11) is -0.287. The second-order valence-electron chi connectivity index (χ2n) is 4.12. The highest BCUT2D eigenvalue weighted by molar-refractivity contribution is 7.86. The first-order valence-electron chi connectivity index (χ1n) is 6.01. The van der Waals surface area contributed by atoms with E-state index in [2.05, 4.69) is 14.9 Å². The molecule has 114 valence electrons. The summed E-state index contributed by atoms with van der Waals surface area (Å²) in [6.45, 7) is 0. The Balaban J connectivity index is 2.28. The topological polar surface area (TPSA) is 124 Å². The fourth-order valence-corrected chi connectivity index (χ4v) is 2.56. The van der Waals surface area contributed by atoms with Crippen molar-refractivity contribution < 1.29 is 13.7 Å². The predicted molar refractivity (Wildman–Crippen MR) is 81.8 cm³/mol. The quantitative estimate of drug-likeness (QED) is 0.808. The van der Waals surface area contributed by atoms with Gasteiger partial charge in [-0.05, 0) is 24.3 Å². The third kappa shape index (κ3) is 3.44. The van der Waals surface area contributed by atoms with E-state index in [-0.39, 0.29) is 11.4 Å². The molecule has 9 heteroatoms. The first kappa shape index (κ1) is 15.6. The van der Waals surface area contributed by atoms with Gasteiger partial charge in [-0.25, -0.2) is 9.19 Å². The average Bonchev–Trinajstić information content (AvgIpc) is 2.54. The number of pyridine rings is 1. The van der Waals surface area contributed by atoms with E-state index in [0.29, 0.717) is 16.3 Å². The Morgan fingerprint density at radius 1 is 1.41 bits per heavy atom. The van der Waals surface area contributed by atoms with Crippen LogP contribution >= 0.6 is 0 Å². The number of hydrogen-bond donors (Lipinski definition) is 2. The van der Waals surface area contributed by atoms with Gasteiger partial charge in [-0.15, -0.1) is 4.91 Å². The van der Waals surface area contributed by atoms with Crippen molar-refractivity contribution in [3.8, 4) is 5.88 Å². The van der Waals surface area contributed by atoms with Crippen molar-refractivity contribution in [1.82, 2.24) is 4.98 Å². The van der Waals surface area contributed by atoms with Gasteiger partial charge >= 0.3 is 5.91 Å². The molecule has 1 unspecified atom stereocenters. The molecule has 0 aliphatic heterocycles. The van der Waals surface area contributed by atoms with Crippen LogP contribution < -0.4 is 15.2 Å². The Bertz CT molecular complexity index is 751. The summed E-state index contributed by atoms with van der Waals surface area (Å²) in [5.74, 6) is -0.702. The molecule has 2 rings (SSSR count). The van der Waals surface area contributed by atoms with Crippen LogP contribution in [0.3, 0.4) is 0 Å². The third-order valence-corrected chi connectivity index (χ3v) is 3.73. The van der Waals surface area contributed by atoms with Gasteiger partial charge in [0, 0.05) is 10.7 Å². The molecule has 1 atom stereocenters. The van der Waals surface area contributed by atoms with Gasteiger partial charge in [0.2, 0.25) is 5.88 Å². The number of hydrogen-bond acceptors (Lipinski definition) is 6. The highest BCUT2D eigenvalue weighted by Crippen LogP contribution is 2.25. The van der Waals surface area contributed by atoms with Gasteiger partial charge in [-0.3, -0.25) is 9.52 Å². The van der Waals surface area contributed by atoms with Crippen LogP contribution in [0.5, 0.6) is 5.88 Å². The zero-order chi connectivity index (χ0) is 16.1. The normalized spacial score (nSPS) is 11.5. The number of methoxy groups -OCH3 is 1. The number of rotatable bonds is 5. The molecule has 0 spiro atoms. The molecule has 0 bridgehead atoms. The number of nitroso groups, excluding NO2 is 1. The molecule has 0 aliphatic carbocycles. The lowest BCUT2D eigenvalue weighted by Crippen LogP contribution is -2.08. The van der Waals surface area contributed by atoms with E-state index < -0.39 is 16.9 Å². The van der Waals surface area contributed by atoms with Gasteiger partial charge < -0.3 is 10.5 Å². The van der Waals surface area contributed by atoms with E-state index in [0.717, 1.165) is 0 Å². The maximum absolute atomic E-state index is 12.3. The van der Waals surface area contributed by atoms with Gasteiger partial charge in [-0.2, -0.15) is 0 Å². The summed E-state index contributed by atoms with van der Waals surface area (Å²) in [6.07, 6.45) is 1.40. The molecule has 1 aromatic heterocycles. The summed E-state index contributed by atoms with van der Waals surface area (Å²) in [5, 5.41) is 2.33. The summed E-state index contributed by atoms with van der Waals surface area (Å²) in [6, 6.07) is 7.29.